The summed E-state index contributed by atoms with van der Waals surface area (Å²) in [5, 5.41) is 3.16. The van der Waals surface area contributed by atoms with E-state index in [1.165, 1.54) is 12.8 Å². The number of aromatic nitrogens is 1. The van der Waals surface area contributed by atoms with Crippen molar-refractivity contribution in [3.05, 3.63) is 23.9 Å². The standard InChI is InChI=1S/C16H23N3O2/c1-2-17-15-9-5-6-12(18-15)16(20)19-10-11-21-14-8-4-3-7-13(14)19/h5-6,9,13-14H,2-4,7-8,10-11H2,1H3,(H,17,18). The van der Waals surface area contributed by atoms with Crippen LogP contribution < -0.4 is 5.32 Å². The summed E-state index contributed by atoms with van der Waals surface area (Å²) in [4.78, 5) is 19.2. The van der Waals surface area contributed by atoms with Gasteiger partial charge in [0.25, 0.3) is 5.91 Å². The lowest BCUT2D eigenvalue weighted by atomic mass is 9.90. The number of carbonyl (C=O) groups is 1. The zero-order valence-corrected chi connectivity index (χ0v) is 12.5. The van der Waals surface area contributed by atoms with Gasteiger partial charge >= 0.3 is 0 Å². The van der Waals surface area contributed by atoms with Gasteiger partial charge in [0.2, 0.25) is 0 Å². The van der Waals surface area contributed by atoms with Crippen LogP contribution in [0.4, 0.5) is 5.82 Å². The Morgan fingerprint density at radius 1 is 1.43 bits per heavy atom. The minimum absolute atomic E-state index is 0.0370. The average Bonchev–Trinajstić information content (AvgIpc) is 2.54. The number of amides is 1. The van der Waals surface area contributed by atoms with Crippen molar-refractivity contribution in [1.82, 2.24) is 9.88 Å². The molecule has 1 saturated heterocycles. The maximum absolute atomic E-state index is 12.8. The SMILES string of the molecule is CCNc1cccc(C(=O)N2CCOC3CCCCC32)n1. The maximum atomic E-state index is 12.8. The second kappa shape index (κ2) is 6.43. The molecule has 0 bridgehead atoms. The Morgan fingerprint density at radius 3 is 3.14 bits per heavy atom. The number of nitrogens with one attached hydrogen (secondary N) is 1. The van der Waals surface area contributed by atoms with Crippen molar-refractivity contribution in [3.8, 4) is 0 Å². The van der Waals surface area contributed by atoms with Gasteiger partial charge in [0.15, 0.2) is 0 Å². The molecule has 2 unspecified atom stereocenters. The minimum atomic E-state index is 0.0370. The van der Waals surface area contributed by atoms with Crippen molar-refractivity contribution in [2.45, 2.75) is 44.8 Å². The Hall–Kier alpha value is -1.62. The number of anilines is 1. The molecule has 3 rings (SSSR count). The lowest BCUT2D eigenvalue weighted by molar-refractivity contribution is -0.0754. The van der Waals surface area contributed by atoms with Gasteiger partial charge in [-0.3, -0.25) is 4.79 Å². The molecule has 0 radical (unpaired) electrons. The first-order valence-electron chi connectivity index (χ1n) is 7.93. The minimum Gasteiger partial charge on any atom is -0.374 e. The van der Waals surface area contributed by atoms with E-state index in [1.807, 2.05) is 24.0 Å². The van der Waals surface area contributed by atoms with Crippen LogP contribution in [0.25, 0.3) is 0 Å². The van der Waals surface area contributed by atoms with Gasteiger partial charge in [0.1, 0.15) is 11.5 Å². The number of hydrogen-bond acceptors (Lipinski definition) is 4. The van der Waals surface area contributed by atoms with Crippen LogP contribution in [0.5, 0.6) is 0 Å². The van der Waals surface area contributed by atoms with E-state index in [-0.39, 0.29) is 18.1 Å². The molecule has 0 aromatic carbocycles. The lowest BCUT2D eigenvalue weighted by Gasteiger charge is -2.43. The Balaban J connectivity index is 1.78. The largest absolute Gasteiger partial charge is 0.374 e. The molecule has 2 aliphatic rings. The van der Waals surface area contributed by atoms with Crippen molar-refractivity contribution >= 4 is 11.7 Å². The third-order valence-corrected chi connectivity index (χ3v) is 4.32. The average molecular weight is 289 g/mol. The van der Waals surface area contributed by atoms with E-state index in [1.54, 1.807) is 6.07 Å². The Labute approximate surface area is 125 Å². The summed E-state index contributed by atoms with van der Waals surface area (Å²) in [5.41, 5.74) is 0.527. The van der Waals surface area contributed by atoms with Crippen LogP contribution in [0.2, 0.25) is 0 Å². The van der Waals surface area contributed by atoms with E-state index in [0.717, 1.165) is 25.2 Å². The summed E-state index contributed by atoms with van der Waals surface area (Å²) in [5.74, 6) is 0.798. The molecule has 1 aliphatic carbocycles. The van der Waals surface area contributed by atoms with Crippen LogP contribution in [0, 0.1) is 0 Å². The summed E-state index contributed by atoms with van der Waals surface area (Å²) in [6.45, 7) is 4.13. The normalized spacial score (nSPS) is 25.3. The summed E-state index contributed by atoms with van der Waals surface area (Å²) < 4.78 is 5.83. The number of nitrogens with zero attached hydrogens (tertiary/aromatic N) is 2. The highest BCUT2D eigenvalue weighted by atomic mass is 16.5. The third-order valence-electron chi connectivity index (χ3n) is 4.32. The van der Waals surface area contributed by atoms with Gasteiger partial charge in [-0.05, 0) is 31.9 Å². The fourth-order valence-electron chi connectivity index (χ4n) is 3.33. The van der Waals surface area contributed by atoms with Gasteiger partial charge < -0.3 is 15.0 Å². The van der Waals surface area contributed by atoms with Crippen molar-refractivity contribution < 1.29 is 9.53 Å². The molecule has 1 aromatic rings. The predicted molar refractivity (Wildman–Crippen MR) is 81.4 cm³/mol. The summed E-state index contributed by atoms with van der Waals surface area (Å²) in [6.07, 6.45) is 4.72. The molecule has 5 nitrogen and oxygen atoms in total. The van der Waals surface area contributed by atoms with Crippen molar-refractivity contribution in [3.63, 3.8) is 0 Å². The van der Waals surface area contributed by atoms with E-state index in [0.29, 0.717) is 18.8 Å². The first-order valence-corrected chi connectivity index (χ1v) is 7.93. The Morgan fingerprint density at radius 2 is 2.29 bits per heavy atom. The number of pyridine rings is 1. The highest BCUT2D eigenvalue weighted by Gasteiger charge is 2.37. The van der Waals surface area contributed by atoms with Gasteiger partial charge in [-0.25, -0.2) is 4.98 Å². The zero-order chi connectivity index (χ0) is 14.7. The molecule has 1 amide bonds. The topological polar surface area (TPSA) is 54.5 Å². The van der Waals surface area contributed by atoms with Crippen molar-refractivity contribution in [1.29, 1.82) is 0 Å². The predicted octanol–water partition coefficient (Wildman–Crippen LogP) is 2.30. The highest BCUT2D eigenvalue weighted by Crippen LogP contribution is 2.29. The van der Waals surface area contributed by atoms with Crippen LogP contribution in [-0.4, -0.2) is 47.6 Å². The van der Waals surface area contributed by atoms with Gasteiger partial charge in [0, 0.05) is 13.1 Å². The number of ether oxygens (including phenoxy) is 1. The fraction of sp³-hybridized carbons (Fsp3) is 0.625. The summed E-state index contributed by atoms with van der Waals surface area (Å²) in [6, 6.07) is 5.81. The highest BCUT2D eigenvalue weighted by molar-refractivity contribution is 5.93. The van der Waals surface area contributed by atoms with Crippen LogP contribution in [0.3, 0.4) is 0 Å². The van der Waals surface area contributed by atoms with E-state index in [9.17, 15) is 4.79 Å². The van der Waals surface area contributed by atoms with E-state index >= 15 is 0 Å². The zero-order valence-electron chi connectivity index (χ0n) is 12.5. The van der Waals surface area contributed by atoms with Crippen molar-refractivity contribution in [2.75, 3.05) is 25.0 Å². The molecule has 5 heteroatoms. The molecular weight excluding hydrogens is 266 g/mol. The number of fused-ring (bicyclic) bond motifs is 1. The van der Waals surface area contributed by atoms with Gasteiger partial charge in [-0.2, -0.15) is 0 Å². The lowest BCUT2D eigenvalue weighted by Crippen LogP contribution is -2.55. The van der Waals surface area contributed by atoms with Gasteiger partial charge in [0.05, 0.1) is 18.8 Å². The van der Waals surface area contributed by atoms with Crippen LogP contribution in [0.1, 0.15) is 43.1 Å². The van der Waals surface area contributed by atoms with Gasteiger partial charge in [-0.1, -0.05) is 18.9 Å². The quantitative estimate of drug-likeness (QED) is 0.927. The molecule has 0 spiro atoms. The summed E-state index contributed by atoms with van der Waals surface area (Å²) in [7, 11) is 0. The molecule has 21 heavy (non-hydrogen) atoms. The first-order chi connectivity index (χ1) is 10.3. The first kappa shape index (κ1) is 14.3. The molecule has 1 N–H and O–H groups in total. The summed E-state index contributed by atoms with van der Waals surface area (Å²) >= 11 is 0. The number of hydrogen-bond donors (Lipinski definition) is 1. The molecule has 2 heterocycles. The molecule has 2 fully saturated rings. The van der Waals surface area contributed by atoms with E-state index < -0.39 is 0 Å². The molecule has 1 saturated carbocycles. The second-order valence-electron chi connectivity index (χ2n) is 5.70. The van der Waals surface area contributed by atoms with Crippen molar-refractivity contribution in [2.24, 2.45) is 0 Å². The maximum Gasteiger partial charge on any atom is 0.272 e. The smallest absolute Gasteiger partial charge is 0.272 e. The Bertz CT molecular complexity index is 504. The van der Waals surface area contributed by atoms with Crippen LogP contribution in [0.15, 0.2) is 18.2 Å². The van der Waals surface area contributed by atoms with E-state index in [4.69, 9.17) is 4.74 Å². The third kappa shape index (κ3) is 3.02. The van der Waals surface area contributed by atoms with Crippen LogP contribution >= 0.6 is 0 Å². The van der Waals surface area contributed by atoms with Gasteiger partial charge in [-0.15, -0.1) is 0 Å². The molecule has 1 aromatic heterocycles. The molecule has 2 atom stereocenters. The number of rotatable bonds is 3. The molecule has 1 aliphatic heterocycles. The molecule has 114 valence electrons. The molecular formula is C16H23N3O2. The number of morpholine rings is 1. The fourth-order valence-corrected chi connectivity index (χ4v) is 3.33. The Kier molecular flexibility index (Phi) is 4.39. The second-order valence-corrected chi connectivity index (χ2v) is 5.70. The van der Waals surface area contributed by atoms with E-state index in [2.05, 4.69) is 10.3 Å². The van der Waals surface area contributed by atoms with Crippen LogP contribution in [-0.2, 0) is 4.74 Å². The number of carbonyl (C=O) groups excluding carboxylic acids is 1. The monoisotopic (exact) mass is 289 g/mol.